The minimum Gasteiger partial charge on any atom is -0.493 e. The number of pyridine rings is 1. The Bertz CT molecular complexity index is 1540. The first-order valence-electron chi connectivity index (χ1n) is 16.0. The molecule has 9 heteroatoms. The molecule has 1 heterocycles. The Kier molecular flexibility index (Phi) is 8.81. The summed E-state index contributed by atoms with van der Waals surface area (Å²) in [5.41, 5.74) is 3.46. The molecular weight excluding hydrogens is 601 g/mol. The van der Waals surface area contributed by atoms with Crippen molar-refractivity contribution in [3.05, 3.63) is 88.2 Å². The first-order chi connectivity index (χ1) is 21.5. The molecule has 3 atom stereocenters. The predicted octanol–water partition coefficient (Wildman–Crippen LogP) is 9.13. The number of carboxylic acids is 1. The highest BCUT2D eigenvalue weighted by Gasteiger charge is 2.54. The highest BCUT2D eigenvalue weighted by Crippen LogP contribution is 2.56. The molecule has 45 heavy (non-hydrogen) atoms. The van der Waals surface area contributed by atoms with E-state index in [0.29, 0.717) is 66.7 Å². The number of aliphatic carboxylic acids is 1. The number of nitrogens with one attached hydrogen (secondary N) is 1. The maximum atomic E-state index is 13.4. The maximum absolute atomic E-state index is 13.4. The summed E-state index contributed by atoms with van der Waals surface area (Å²) in [6.07, 6.45) is 2.61. The molecule has 5 nitrogen and oxygen atoms in total. The van der Waals surface area contributed by atoms with Crippen LogP contribution in [0, 0.1) is 11.8 Å². The van der Waals surface area contributed by atoms with Crippen molar-refractivity contribution in [2.75, 3.05) is 11.9 Å². The molecule has 1 unspecified atom stereocenters. The van der Waals surface area contributed by atoms with Crippen LogP contribution in [-0.4, -0.2) is 34.4 Å². The number of aryl methyl sites for hydroxylation is 1. The summed E-state index contributed by atoms with van der Waals surface area (Å²) < 4.78 is 46.5. The van der Waals surface area contributed by atoms with E-state index in [1.165, 1.54) is 11.1 Å². The zero-order valence-corrected chi connectivity index (χ0v) is 26.3. The number of anilines is 1. The van der Waals surface area contributed by atoms with Gasteiger partial charge in [0, 0.05) is 28.2 Å². The van der Waals surface area contributed by atoms with Gasteiger partial charge in [0.25, 0.3) is 0 Å². The van der Waals surface area contributed by atoms with Crippen molar-refractivity contribution in [3.63, 3.8) is 0 Å². The molecule has 3 aliphatic carbocycles. The fraction of sp³-hybridized carbons (Fsp3) is 0.500. The Hall–Kier alpha value is -3.26. The Balaban J connectivity index is 1.18. The number of hydrogen-bond acceptors (Lipinski definition) is 4. The van der Waals surface area contributed by atoms with Gasteiger partial charge < -0.3 is 15.2 Å². The third-order valence-corrected chi connectivity index (χ3v) is 10.7. The number of carbonyl (C=O) groups is 1. The number of benzene rings is 2. The lowest BCUT2D eigenvalue weighted by Gasteiger charge is -2.47. The molecule has 240 valence electrons. The van der Waals surface area contributed by atoms with Crippen molar-refractivity contribution in [1.82, 2.24) is 4.98 Å². The smallest absolute Gasteiger partial charge is 0.389 e. The largest absolute Gasteiger partial charge is 0.493 e. The molecule has 3 aromatic rings. The quantitative estimate of drug-likeness (QED) is 0.244. The Morgan fingerprint density at radius 3 is 2.64 bits per heavy atom. The molecule has 1 aromatic heterocycles. The van der Waals surface area contributed by atoms with E-state index in [-0.39, 0.29) is 11.3 Å². The van der Waals surface area contributed by atoms with Gasteiger partial charge in [0.05, 0.1) is 13.0 Å². The van der Waals surface area contributed by atoms with Crippen molar-refractivity contribution in [2.24, 2.45) is 11.8 Å². The molecule has 1 fully saturated rings. The van der Waals surface area contributed by atoms with Gasteiger partial charge in [-0.25, -0.2) is 4.79 Å². The molecule has 0 radical (unpaired) electrons. The van der Waals surface area contributed by atoms with Gasteiger partial charge in [0.15, 0.2) is 0 Å². The summed E-state index contributed by atoms with van der Waals surface area (Å²) in [6.45, 7) is 2.54. The second kappa shape index (κ2) is 12.5. The van der Waals surface area contributed by atoms with Crippen molar-refractivity contribution in [1.29, 1.82) is 0 Å². The standard InChI is InChI=1S/C36H40ClF3N2O3/c1-23(22-45-31-12-17-41-30-11-4-7-25(32(30)31)21-36(38,39)40)18-26-19-24-6-2-3-10-29(24)34(26)13-15-35(16-14-34,33(43)44)42-28-9-5-8-27(37)20-28/h2-3,5-6,8-10,12,17,20,23,25-26,42H,4,7,11,13-16,18-19,21-22H2,1H3,(H,43,44)/t23-,25-,26?,34?,35?/m1/s1. The molecule has 1 spiro atoms. The van der Waals surface area contributed by atoms with E-state index in [1.807, 2.05) is 12.1 Å². The zero-order valence-electron chi connectivity index (χ0n) is 25.5. The van der Waals surface area contributed by atoms with E-state index in [1.54, 1.807) is 24.4 Å². The number of hydrogen-bond donors (Lipinski definition) is 2. The summed E-state index contributed by atoms with van der Waals surface area (Å²) >= 11 is 6.20. The van der Waals surface area contributed by atoms with Gasteiger partial charge in [-0.3, -0.25) is 4.98 Å². The van der Waals surface area contributed by atoms with Crippen LogP contribution in [0.15, 0.2) is 60.8 Å². The summed E-state index contributed by atoms with van der Waals surface area (Å²) in [5.74, 6) is -0.508. The number of aromatic nitrogens is 1. The Morgan fingerprint density at radius 1 is 1.13 bits per heavy atom. The normalized spacial score (nSPS) is 26.6. The molecular formula is C36H40ClF3N2O3. The monoisotopic (exact) mass is 640 g/mol. The Morgan fingerprint density at radius 2 is 1.91 bits per heavy atom. The second-order valence-corrected chi connectivity index (χ2v) is 13.9. The lowest BCUT2D eigenvalue weighted by molar-refractivity contribution is -0.144. The van der Waals surface area contributed by atoms with Crippen LogP contribution in [0.2, 0.25) is 5.02 Å². The van der Waals surface area contributed by atoms with Gasteiger partial charge in [-0.1, -0.05) is 48.9 Å². The zero-order chi connectivity index (χ0) is 31.8. The third kappa shape index (κ3) is 6.53. The van der Waals surface area contributed by atoms with E-state index in [9.17, 15) is 23.1 Å². The maximum Gasteiger partial charge on any atom is 0.389 e. The SMILES string of the molecule is C[C@@H](COc1ccnc2c1[C@@H](CC(F)(F)F)CCC2)CC1Cc2ccccc2C12CCC(Nc1cccc(Cl)c1)(C(=O)O)CC2. The van der Waals surface area contributed by atoms with Crippen LogP contribution in [0.4, 0.5) is 18.9 Å². The van der Waals surface area contributed by atoms with Gasteiger partial charge in [-0.15, -0.1) is 0 Å². The predicted molar refractivity (Wildman–Crippen MR) is 169 cm³/mol. The van der Waals surface area contributed by atoms with Crippen molar-refractivity contribution in [3.8, 4) is 5.75 Å². The molecule has 0 saturated heterocycles. The number of nitrogens with zero attached hydrogens (tertiary/aromatic N) is 1. The first-order valence-corrected chi connectivity index (χ1v) is 16.4. The fourth-order valence-corrected chi connectivity index (χ4v) is 8.59. The number of fused-ring (bicyclic) bond motifs is 3. The second-order valence-electron chi connectivity index (χ2n) is 13.5. The van der Waals surface area contributed by atoms with Gasteiger partial charge in [-0.2, -0.15) is 13.2 Å². The summed E-state index contributed by atoms with van der Waals surface area (Å²) in [4.78, 5) is 17.1. The molecule has 0 aliphatic heterocycles. The molecule has 1 saturated carbocycles. The highest BCUT2D eigenvalue weighted by molar-refractivity contribution is 6.30. The minimum absolute atomic E-state index is 0.144. The van der Waals surface area contributed by atoms with E-state index in [0.717, 1.165) is 31.4 Å². The topological polar surface area (TPSA) is 71.5 Å². The molecule has 0 amide bonds. The van der Waals surface area contributed by atoms with Gasteiger partial charge in [0.1, 0.15) is 11.3 Å². The van der Waals surface area contributed by atoms with Crippen molar-refractivity contribution < 1.29 is 27.8 Å². The van der Waals surface area contributed by atoms with Gasteiger partial charge >= 0.3 is 12.1 Å². The molecule has 6 rings (SSSR count). The van der Waals surface area contributed by atoms with E-state index in [2.05, 4.69) is 41.5 Å². The molecule has 0 bridgehead atoms. The van der Waals surface area contributed by atoms with Crippen LogP contribution >= 0.6 is 11.6 Å². The Labute approximate surface area is 267 Å². The number of halogens is 4. The molecule has 3 aliphatic rings. The van der Waals surface area contributed by atoms with Gasteiger partial charge in [0.2, 0.25) is 0 Å². The first kappa shape index (κ1) is 31.7. The average molecular weight is 641 g/mol. The third-order valence-electron chi connectivity index (χ3n) is 10.5. The van der Waals surface area contributed by atoms with E-state index < -0.39 is 30.0 Å². The number of carboxylic acid groups (broad SMARTS) is 1. The van der Waals surface area contributed by atoms with Crippen LogP contribution in [0.25, 0.3) is 0 Å². The number of rotatable bonds is 9. The summed E-state index contributed by atoms with van der Waals surface area (Å²) in [7, 11) is 0. The average Bonchev–Trinajstić information content (AvgIpc) is 3.28. The lowest BCUT2D eigenvalue weighted by atomic mass is 9.59. The molecule has 2 N–H and O–H groups in total. The van der Waals surface area contributed by atoms with E-state index in [4.69, 9.17) is 16.3 Å². The molecule has 2 aromatic carbocycles. The van der Waals surface area contributed by atoms with Gasteiger partial charge in [-0.05, 0) is 116 Å². The van der Waals surface area contributed by atoms with Crippen LogP contribution in [0.1, 0.15) is 86.6 Å². The summed E-state index contributed by atoms with van der Waals surface area (Å²) in [6, 6.07) is 17.4. The minimum atomic E-state index is -4.24. The van der Waals surface area contributed by atoms with Crippen LogP contribution < -0.4 is 10.1 Å². The lowest BCUT2D eigenvalue weighted by Crippen LogP contribution is -2.53. The number of ether oxygens (including phenoxy) is 1. The number of alkyl halides is 3. The van der Waals surface area contributed by atoms with Crippen LogP contribution in [0.5, 0.6) is 5.75 Å². The van der Waals surface area contributed by atoms with E-state index >= 15 is 0 Å². The van der Waals surface area contributed by atoms with Crippen LogP contribution in [-0.2, 0) is 23.1 Å². The van der Waals surface area contributed by atoms with Crippen molar-refractivity contribution in [2.45, 2.75) is 94.2 Å². The van der Waals surface area contributed by atoms with Crippen LogP contribution in [0.3, 0.4) is 0 Å². The fourth-order valence-electron chi connectivity index (χ4n) is 8.40. The van der Waals surface area contributed by atoms with Crippen molar-refractivity contribution >= 4 is 23.3 Å². The summed E-state index contributed by atoms with van der Waals surface area (Å²) in [5, 5.41) is 14.3. The highest BCUT2D eigenvalue weighted by atomic mass is 35.5.